The molecule has 0 spiro atoms. The Balaban J connectivity index is 2.62. The van der Waals surface area contributed by atoms with Crippen LogP contribution in [0.15, 0.2) is 17.8 Å². The summed E-state index contributed by atoms with van der Waals surface area (Å²) in [7, 11) is 0. The maximum absolute atomic E-state index is 8.94. The molecule has 14 heavy (non-hydrogen) atoms. The molecule has 0 saturated heterocycles. The highest BCUT2D eigenvalue weighted by Crippen LogP contribution is 2.26. The number of nitrogens with zero attached hydrogens (tertiary/aromatic N) is 3. The molecule has 2 heterocycles. The normalized spacial score (nSPS) is 12.6. The fourth-order valence-electron chi connectivity index (χ4n) is 1.26. The van der Waals surface area contributed by atoms with Gasteiger partial charge in [-0.25, -0.2) is 9.97 Å². The topological polar surface area (TPSA) is 49.6 Å². The highest BCUT2D eigenvalue weighted by atomic mass is 79.9. The molecule has 0 bridgehead atoms. The molecule has 0 amide bonds. The Hall–Kier alpha value is -0.990. The minimum Gasteiger partial charge on any atom is -0.239 e. The lowest BCUT2D eigenvalue weighted by Crippen LogP contribution is -2.00. The van der Waals surface area contributed by atoms with Crippen LogP contribution in [0.2, 0.25) is 0 Å². The summed E-state index contributed by atoms with van der Waals surface area (Å²) >= 11 is 4.87. The summed E-state index contributed by atoms with van der Waals surface area (Å²) in [4.78, 5) is 9.24. The van der Waals surface area contributed by atoms with Crippen LogP contribution in [-0.4, -0.2) is 15.3 Å². The standard InChI is InChI=1S/C9H6BrN3S/c10-3-6(4-11)8-7-1-2-14-9(7)13-5-12-8/h1-2,5-6H,3H2. The van der Waals surface area contributed by atoms with Gasteiger partial charge in [-0.05, 0) is 11.4 Å². The minimum atomic E-state index is -0.199. The largest absolute Gasteiger partial charge is 0.239 e. The zero-order valence-corrected chi connectivity index (χ0v) is 9.55. The monoisotopic (exact) mass is 267 g/mol. The molecule has 0 fully saturated rings. The first-order valence-electron chi connectivity index (χ1n) is 4.00. The van der Waals surface area contributed by atoms with Crippen molar-refractivity contribution in [2.24, 2.45) is 0 Å². The van der Waals surface area contributed by atoms with Crippen molar-refractivity contribution < 1.29 is 0 Å². The zero-order chi connectivity index (χ0) is 9.97. The van der Waals surface area contributed by atoms with E-state index in [1.165, 1.54) is 6.33 Å². The van der Waals surface area contributed by atoms with Gasteiger partial charge in [-0.15, -0.1) is 11.3 Å². The average molecular weight is 268 g/mol. The second-order valence-corrected chi connectivity index (χ2v) is 4.28. The third-order valence-corrected chi connectivity index (χ3v) is 3.40. The molecule has 1 unspecified atom stereocenters. The van der Waals surface area contributed by atoms with Crippen LogP contribution in [0.1, 0.15) is 11.6 Å². The molecule has 0 aliphatic heterocycles. The predicted molar refractivity (Wildman–Crippen MR) is 59.6 cm³/mol. The predicted octanol–water partition coefficient (Wildman–Crippen LogP) is 2.69. The number of nitriles is 1. The van der Waals surface area contributed by atoms with Crippen molar-refractivity contribution in [3.8, 4) is 6.07 Å². The van der Waals surface area contributed by atoms with E-state index in [-0.39, 0.29) is 5.92 Å². The molecular weight excluding hydrogens is 262 g/mol. The summed E-state index contributed by atoms with van der Waals surface area (Å²) in [6, 6.07) is 4.18. The molecule has 2 aromatic rings. The van der Waals surface area contributed by atoms with E-state index >= 15 is 0 Å². The van der Waals surface area contributed by atoms with Crippen molar-refractivity contribution in [1.82, 2.24) is 9.97 Å². The van der Waals surface area contributed by atoms with Crippen molar-refractivity contribution in [2.75, 3.05) is 5.33 Å². The Kier molecular flexibility index (Phi) is 2.75. The smallest absolute Gasteiger partial charge is 0.126 e. The van der Waals surface area contributed by atoms with Gasteiger partial charge in [-0.3, -0.25) is 0 Å². The van der Waals surface area contributed by atoms with Crippen molar-refractivity contribution in [1.29, 1.82) is 5.26 Å². The van der Waals surface area contributed by atoms with E-state index in [9.17, 15) is 0 Å². The molecule has 1 atom stereocenters. The van der Waals surface area contributed by atoms with Gasteiger partial charge in [0, 0.05) is 10.7 Å². The van der Waals surface area contributed by atoms with E-state index in [4.69, 9.17) is 5.26 Å². The molecule has 0 saturated carbocycles. The highest BCUT2D eigenvalue weighted by molar-refractivity contribution is 9.09. The molecule has 0 radical (unpaired) electrons. The lowest BCUT2D eigenvalue weighted by atomic mass is 10.1. The van der Waals surface area contributed by atoms with E-state index in [1.807, 2.05) is 11.4 Å². The van der Waals surface area contributed by atoms with Crippen LogP contribution < -0.4 is 0 Å². The molecule has 2 rings (SSSR count). The number of rotatable bonds is 2. The molecule has 0 N–H and O–H groups in total. The molecule has 5 heteroatoms. The lowest BCUT2D eigenvalue weighted by Gasteiger charge is -2.04. The molecule has 2 aromatic heterocycles. The van der Waals surface area contributed by atoms with Crippen LogP contribution in [0.5, 0.6) is 0 Å². The van der Waals surface area contributed by atoms with E-state index in [1.54, 1.807) is 11.3 Å². The fraction of sp³-hybridized carbons (Fsp3) is 0.222. The summed E-state index contributed by atoms with van der Waals surface area (Å²) in [5, 5.41) is 12.5. The van der Waals surface area contributed by atoms with Crippen LogP contribution >= 0.6 is 27.3 Å². The number of thiophene rings is 1. The molecule has 0 aromatic carbocycles. The first-order valence-corrected chi connectivity index (χ1v) is 6.00. The van der Waals surface area contributed by atoms with Gasteiger partial charge in [-0.2, -0.15) is 5.26 Å². The summed E-state index contributed by atoms with van der Waals surface area (Å²) in [6.45, 7) is 0. The third-order valence-electron chi connectivity index (χ3n) is 1.93. The number of hydrogen-bond donors (Lipinski definition) is 0. The SMILES string of the molecule is N#CC(CBr)c1ncnc2sccc12. The minimum absolute atomic E-state index is 0.199. The molecule has 3 nitrogen and oxygen atoms in total. The molecule has 0 aliphatic rings. The van der Waals surface area contributed by atoms with Crippen LogP contribution in [0.25, 0.3) is 10.2 Å². The van der Waals surface area contributed by atoms with Crippen LogP contribution in [0.4, 0.5) is 0 Å². The first kappa shape index (κ1) is 9.56. The van der Waals surface area contributed by atoms with Gasteiger partial charge in [0.15, 0.2) is 0 Å². The number of fused-ring (bicyclic) bond motifs is 1. The number of alkyl halides is 1. The van der Waals surface area contributed by atoms with Crippen LogP contribution in [0, 0.1) is 11.3 Å². The average Bonchev–Trinajstić information content (AvgIpc) is 2.68. The van der Waals surface area contributed by atoms with Crippen molar-refractivity contribution >= 4 is 37.5 Å². The van der Waals surface area contributed by atoms with Crippen molar-refractivity contribution in [3.05, 3.63) is 23.5 Å². The van der Waals surface area contributed by atoms with E-state index in [0.717, 1.165) is 15.9 Å². The lowest BCUT2D eigenvalue weighted by molar-refractivity contribution is 0.943. The molecule has 70 valence electrons. The highest BCUT2D eigenvalue weighted by Gasteiger charge is 2.14. The molecule has 0 aliphatic carbocycles. The third kappa shape index (κ3) is 1.51. The second kappa shape index (κ2) is 4.03. The van der Waals surface area contributed by atoms with Crippen LogP contribution in [-0.2, 0) is 0 Å². The van der Waals surface area contributed by atoms with E-state index in [2.05, 4.69) is 32.0 Å². The first-order chi connectivity index (χ1) is 6.86. The second-order valence-electron chi connectivity index (χ2n) is 2.73. The Morgan fingerprint density at radius 3 is 3.14 bits per heavy atom. The Morgan fingerprint density at radius 1 is 1.57 bits per heavy atom. The Morgan fingerprint density at radius 2 is 2.43 bits per heavy atom. The fourth-order valence-corrected chi connectivity index (χ4v) is 2.45. The number of halogens is 1. The number of aromatic nitrogens is 2. The number of hydrogen-bond acceptors (Lipinski definition) is 4. The summed E-state index contributed by atoms with van der Waals surface area (Å²) in [5.41, 5.74) is 0.815. The maximum Gasteiger partial charge on any atom is 0.126 e. The van der Waals surface area contributed by atoms with E-state index < -0.39 is 0 Å². The Labute approximate surface area is 93.5 Å². The summed E-state index contributed by atoms with van der Waals surface area (Å²) in [5.74, 6) is -0.199. The van der Waals surface area contributed by atoms with Crippen molar-refractivity contribution in [3.63, 3.8) is 0 Å². The zero-order valence-electron chi connectivity index (χ0n) is 7.14. The van der Waals surface area contributed by atoms with Gasteiger partial charge in [0.2, 0.25) is 0 Å². The summed E-state index contributed by atoms with van der Waals surface area (Å²) < 4.78 is 0. The Bertz CT molecular complexity index is 488. The van der Waals surface area contributed by atoms with Gasteiger partial charge >= 0.3 is 0 Å². The van der Waals surface area contributed by atoms with Gasteiger partial charge in [0.05, 0.1) is 17.7 Å². The van der Waals surface area contributed by atoms with Gasteiger partial charge in [0.1, 0.15) is 11.2 Å². The van der Waals surface area contributed by atoms with Gasteiger partial charge < -0.3 is 0 Å². The quantitative estimate of drug-likeness (QED) is 0.787. The van der Waals surface area contributed by atoms with Gasteiger partial charge in [-0.1, -0.05) is 15.9 Å². The van der Waals surface area contributed by atoms with Gasteiger partial charge in [0.25, 0.3) is 0 Å². The van der Waals surface area contributed by atoms with Crippen molar-refractivity contribution in [2.45, 2.75) is 5.92 Å². The summed E-state index contributed by atoms with van der Waals surface area (Å²) in [6.07, 6.45) is 1.52. The van der Waals surface area contributed by atoms with E-state index in [0.29, 0.717) is 5.33 Å². The molecular formula is C9H6BrN3S. The maximum atomic E-state index is 8.94. The van der Waals surface area contributed by atoms with Crippen LogP contribution in [0.3, 0.4) is 0 Å².